The van der Waals surface area contributed by atoms with E-state index in [9.17, 15) is 14.7 Å². The van der Waals surface area contributed by atoms with Crippen LogP contribution in [-0.2, 0) is 9.59 Å². The third-order valence-corrected chi connectivity index (χ3v) is 5.64. The first-order chi connectivity index (χ1) is 15.2. The van der Waals surface area contributed by atoms with Gasteiger partial charge in [-0.1, -0.05) is 36.8 Å². The molecule has 0 radical (unpaired) electrons. The smallest absolute Gasteiger partial charge is 0.295 e. The van der Waals surface area contributed by atoms with Crippen LogP contribution in [0.15, 0.2) is 48.0 Å². The topological polar surface area (TPSA) is 70.1 Å². The van der Waals surface area contributed by atoms with E-state index in [0.29, 0.717) is 25.3 Å². The molecule has 1 atom stereocenters. The van der Waals surface area contributed by atoms with Crippen LogP contribution < -0.4 is 4.74 Å². The fourth-order valence-electron chi connectivity index (χ4n) is 3.87. The van der Waals surface area contributed by atoms with Gasteiger partial charge in [-0.2, -0.15) is 0 Å². The number of rotatable bonds is 8. The van der Waals surface area contributed by atoms with Crippen molar-refractivity contribution in [2.24, 2.45) is 0 Å². The van der Waals surface area contributed by atoms with Crippen LogP contribution >= 0.6 is 0 Å². The second-order valence-corrected chi connectivity index (χ2v) is 8.53. The number of carbonyl (C=O) groups is 2. The van der Waals surface area contributed by atoms with Crippen LogP contribution in [0.5, 0.6) is 5.75 Å². The summed E-state index contributed by atoms with van der Waals surface area (Å²) >= 11 is 0. The molecule has 3 rings (SSSR count). The van der Waals surface area contributed by atoms with Gasteiger partial charge in [0.2, 0.25) is 0 Å². The summed E-state index contributed by atoms with van der Waals surface area (Å²) in [6, 6.07) is 12.5. The first kappa shape index (κ1) is 23.5. The average Bonchev–Trinajstić information content (AvgIpc) is 3.02. The van der Waals surface area contributed by atoms with E-state index in [0.717, 1.165) is 28.9 Å². The molecule has 1 amide bonds. The van der Waals surface area contributed by atoms with Crippen LogP contribution in [-0.4, -0.2) is 60.4 Å². The summed E-state index contributed by atoms with van der Waals surface area (Å²) < 4.78 is 5.68. The van der Waals surface area contributed by atoms with Gasteiger partial charge in [-0.25, -0.2) is 0 Å². The monoisotopic (exact) mass is 436 g/mol. The fraction of sp³-hybridized carbons (Fsp3) is 0.385. The maximum Gasteiger partial charge on any atom is 0.295 e. The van der Waals surface area contributed by atoms with E-state index < -0.39 is 17.7 Å². The molecule has 1 saturated heterocycles. The number of likely N-dealkylation sites (tertiary alicyclic amines) is 1. The van der Waals surface area contributed by atoms with Gasteiger partial charge in [0.25, 0.3) is 11.7 Å². The van der Waals surface area contributed by atoms with Gasteiger partial charge in [-0.05, 0) is 63.7 Å². The van der Waals surface area contributed by atoms with E-state index in [-0.39, 0.29) is 11.3 Å². The van der Waals surface area contributed by atoms with Gasteiger partial charge in [-0.3, -0.25) is 9.59 Å². The summed E-state index contributed by atoms with van der Waals surface area (Å²) in [6.07, 6.45) is 0.905. The molecule has 0 spiro atoms. The molecule has 1 fully saturated rings. The third-order valence-electron chi connectivity index (χ3n) is 5.64. The molecule has 6 nitrogen and oxygen atoms in total. The van der Waals surface area contributed by atoms with Gasteiger partial charge in [-0.15, -0.1) is 0 Å². The van der Waals surface area contributed by atoms with Crippen molar-refractivity contribution in [2.45, 2.75) is 33.2 Å². The molecule has 1 heterocycles. The molecule has 6 heteroatoms. The molecule has 1 aliphatic heterocycles. The number of ether oxygens (including phenoxy) is 1. The third kappa shape index (κ3) is 4.86. The van der Waals surface area contributed by atoms with Crippen molar-refractivity contribution in [2.75, 3.05) is 33.8 Å². The molecule has 1 aliphatic rings. The summed E-state index contributed by atoms with van der Waals surface area (Å²) in [5.41, 5.74) is 3.27. The predicted molar refractivity (Wildman–Crippen MR) is 126 cm³/mol. The Hall–Kier alpha value is -3.12. The number of carbonyl (C=O) groups excluding carboxylic acids is 2. The van der Waals surface area contributed by atoms with Gasteiger partial charge in [0.15, 0.2) is 0 Å². The van der Waals surface area contributed by atoms with Crippen LogP contribution in [0.25, 0.3) is 5.76 Å². The summed E-state index contributed by atoms with van der Waals surface area (Å²) in [5, 5.41) is 11.3. The minimum atomic E-state index is -0.657. The highest BCUT2D eigenvalue weighted by Crippen LogP contribution is 2.40. The van der Waals surface area contributed by atoms with Gasteiger partial charge in [0.1, 0.15) is 11.5 Å². The average molecular weight is 437 g/mol. The maximum absolute atomic E-state index is 13.1. The second kappa shape index (κ2) is 10.0. The number of likely N-dealkylation sites (N-methyl/N-ethyl adjacent to an activating group) is 1. The lowest BCUT2D eigenvalue weighted by molar-refractivity contribution is -0.140. The van der Waals surface area contributed by atoms with Crippen LogP contribution in [0.1, 0.15) is 41.6 Å². The van der Waals surface area contributed by atoms with E-state index in [1.807, 2.05) is 82.2 Å². The number of hydrogen-bond donors (Lipinski definition) is 1. The first-order valence-corrected chi connectivity index (χ1v) is 11.0. The largest absolute Gasteiger partial charge is 0.507 e. The number of ketones is 1. The number of aliphatic hydroxyl groups excluding tert-OH is 1. The zero-order chi connectivity index (χ0) is 23.4. The molecule has 1 unspecified atom stereocenters. The normalized spacial score (nSPS) is 17.9. The first-order valence-electron chi connectivity index (χ1n) is 11.0. The van der Waals surface area contributed by atoms with E-state index in [2.05, 4.69) is 0 Å². The Morgan fingerprint density at radius 1 is 1.09 bits per heavy atom. The predicted octanol–water partition coefficient (Wildman–Crippen LogP) is 4.08. The Balaban J connectivity index is 2.12. The Morgan fingerprint density at radius 2 is 1.78 bits per heavy atom. The molecule has 0 bridgehead atoms. The van der Waals surface area contributed by atoms with Crippen LogP contribution in [0.2, 0.25) is 0 Å². The Morgan fingerprint density at radius 3 is 2.41 bits per heavy atom. The molecule has 2 aromatic rings. The molecular formula is C26H32N2O4. The summed E-state index contributed by atoms with van der Waals surface area (Å²) in [6.45, 7) is 7.45. The van der Waals surface area contributed by atoms with E-state index >= 15 is 0 Å². The molecule has 32 heavy (non-hydrogen) atoms. The van der Waals surface area contributed by atoms with Crippen molar-refractivity contribution in [3.8, 4) is 5.75 Å². The lowest BCUT2D eigenvalue weighted by atomic mass is 9.93. The van der Waals surface area contributed by atoms with E-state index in [4.69, 9.17) is 4.74 Å². The van der Waals surface area contributed by atoms with Crippen molar-refractivity contribution in [3.05, 3.63) is 70.3 Å². The van der Waals surface area contributed by atoms with Gasteiger partial charge < -0.3 is 19.6 Å². The van der Waals surface area contributed by atoms with Crippen molar-refractivity contribution >= 4 is 17.4 Å². The number of nitrogens with zero attached hydrogens (tertiary/aromatic N) is 2. The van der Waals surface area contributed by atoms with Crippen molar-refractivity contribution in [1.29, 1.82) is 0 Å². The van der Waals surface area contributed by atoms with E-state index in [1.54, 1.807) is 4.90 Å². The minimum Gasteiger partial charge on any atom is -0.507 e. The van der Waals surface area contributed by atoms with Crippen molar-refractivity contribution in [3.63, 3.8) is 0 Å². The zero-order valence-corrected chi connectivity index (χ0v) is 19.5. The Bertz CT molecular complexity index is 1020. The summed E-state index contributed by atoms with van der Waals surface area (Å²) in [7, 11) is 3.84. The molecule has 0 aliphatic carbocycles. The van der Waals surface area contributed by atoms with E-state index in [1.165, 1.54) is 0 Å². The van der Waals surface area contributed by atoms with Gasteiger partial charge >= 0.3 is 0 Å². The SMILES string of the molecule is CCCOc1ccc(C2/C(=C(\O)c3cc(C)ccc3C)C(=O)C(=O)N2CCN(C)C)cc1. The summed E-state index contributed by atoms with van der Waals surface area (Å²) in [5.74, 6) is -0.642. The Labute approximate surface area is 190 Å². The molecule has 0 aromatic heterocycles. The quantitative estimate of drug-likeness (QED) is 0.384. The number of benzene rings is 2. The van der Waals surface area contributed by atoms with Crippen LogP contribution in [0.3, 0.4) is 0 Å². The highest BCUT2D eigenvalue weighted by atomic mass is 16.5. The number of Topliss-reactive ketones (excluding diaryl/α,β-unsaturated/α-hetero) is 1. The number of amides is 1. The summed E-state index contributed by atoms with van der Waals surface area (Å²) in [4.78, 5) is 29.6. The standard InChI is InChI=1S/C26H32N2O4/c1-6-15-32-20-11-9-19(10-12-20)23-22(24(29)21-16-17(2)7-8-18(21)3)25(30)26(31)28(23)14-13-27(4)5/h7-12,16,23,29H,6,13-15H2,1-5H3/b24-22+. The molecular weight excluding hydrogens is 404 g/mol. The maximum atomic E-state index is 13.1. The van der Waals surface area contributed by atoms with Gasteiger partial charge in [0, 0.05) is 18.7 Å². The van der Waals surface area contributed by atoms with Crippen LogP contribution in [0.4, 0.5) is 0 Å². The highest BCUT2D eigenvalue weighted by Gasteiger charge is 2.46. The minimum absolute atomic E-state index is 0.129. The molecule has 170 valence electrons. The zero-order valence-electron chi connectivity index (χ0n) is 19.5. The Kier molecular flexibility index (Phi) is 7.36. The van der Waals surface area contributed by atoms with Crippen LogP contribution in [0, 0.1) is 13.8 Å². The van der Waals surface area contributed by atoms with Crippen molar-refractivity contribution < 1.29 is 19.4 Å². The molecule has 1 N–H and O–H groups in total. The number of hydrogen-bond acceptors (Lipinski definition) is 5. The second-order valence-electron chi connectivity index (χ2n) is 8.53. The highest BCUT2D eigenvalue weighted by molar-refractivity contribution is 6.46. The molecule has 2 aromatic carbocycles. The fourth-order valence-corrected chi connectivity index (χ4v) is 3.87. The van der Waals surface area contributed by atoms with Gasteiger partial charge in [0.05, 0.1) is 18.2 Å². The number of aliphatic hydroxyl groups is 1. The van der Waals surface area contributed by atoms with Crippen molar-refractivity contribution in [1.82, 2.24) is 9.80 Å². The lowest BCUT2D eigenvalue weighted by Crippen LogP contribution is -2.35. The molecule has 0 saturated carbocycles. The number of aryl methyl sites for hydroxylation is 2. The lowest BCUT2D eigenvalue weighted by Gasteiger charge is -2.27.